The second-order valence-electron chi connectivity index (χ2n) is 5.89. The molecule has 1 saturated heterocycles. The Kier molecular flexibility index (Phi) is 4.89. The zero-order chi connectivity index (χ0) is 17.9. The lowest BCUT2D eigenvalue weighted by Crippen LogP contribution is -2.52. The standard InChI is InChI=1S/C17H20N4O3S/c1-14-5-7-15(8-6-14)25(23,24)19-17(22)21-12-10-20(11-13-21)16-4-2-3-9-18-16/h2-9H,10-13H2,1H3,(H,19,22). The van der Waals surface area contributed by atoms with E-state index in [1.165, 1.54) is 17.0 Å². The minimum absolute atomic E-state index is 0.0820. The monoisotopic (exact) mass is 360 g/mol. The van der Waals surface area contributed by atoms with Crippen LogP contribution in [0.1, 0.15) is 5.56 Å². The highest BCUT2D eigenvalue weighted by Gasteiger charge is 2.25. The first kappa shape index (κ1) is 17.2. The van der Waals surface area contributed by atoms with Crippen molar-refractivity contribution in [2.24, 2.45) is 0 Å². The summed E-state index contributed by atoms with van der Waals surface area (Å²) in [5.41, 5.74) is 0.955. The van der Waals surface area contributed by atoms with E-state index in [0.717, 1.165) is 11.4 Å². The fourth-order valence-corrected chi connectivity index (χ4v) is 3.61. The average molecular weight is 360 g/mol. The van der Waals surface area contributed by atoms with E-state index in [9.17, 15) is 13.2 Å². The van der Waals surface area contributed by atoms with Gasteiger partial charge < -0.3 is 9.80 Å². The smallest absolute Gasteiger partial charge is 0.331 e. The normalized spacial score (nSPS) is 15.1. The van der Waals surface area contributed by atoms with Crippen molar-refractivity contribution in [2.75, 3.05) is 31.1 Å². The van der Waals surface area contributed by atoms with Gasteiger partial charge in [-0.1, -0.05) is 23.8 Å². The number of pyridine rings is 1. The molecular formula is C17H20N4O3S. The third-order valence-electron chi connectivity index (χ3n) is 4.09. The van der Waals surface area contributed by atoms with E-state index < -0.39 is 16.1 Å². The van der Waals surface area contributed by atoms with Crippen LogP contribution in [0.15, 0.2) is 53.6 Å². The summed E-state index contributed by atoms with van der Waals surface area (Å²) < 4.78 is 26.7. The Morgan fingerprint density at radius 2 is 1.72 bits per heavy atom. The minimum Gasteiger partial charge on any atom is -0.353 e. The van der Waals surface area contributed by atoms with Crippen molar-refractivity contribution in [1.82, 2.24) is 14.6 Å². The highest BCUT2D eigenvalue weighted by Crippen LogP contribution is 2.14. The van der Waals surface area contributed by atoms with Crippen LogP contribution in [0.3, 0.4) is 0 Å². The van der Waals surface area contributed by atoms with Crippen LogP contribution in [0.4, 0.5) is 10.6 Å². The molecule has 1 N–H and O–H groups in total. The number of rotatable bonds is 3. The largest absolute Gasteiger partial charge is 0.353 e. The Balaban J connectivity index is 1.60. The van der Waals surface area contributed by atoms with Crippen molar-refractivity contribution in [2.45, 2.75) is 11.8 Å². The summed E-state index contributed by atoms with van der Waals surface area (Å²) in [7, 11) is -3.86. The Labute approximate surface area is 147 Å². The summed E-state index contributed by atoms with van der Waals surface area (Å²) in [6, 6.07) is 11.5. The van der Waals surface area contributed by atoms with Gasteiger partial charge in [0.1, 0.15) is 5.82 Å². The second-order valence-corrected chi connectivity index (χ2v) is 7.57. The van der Waals surface area contributed by atoms with E-state index in [1.807, 2.05) is 25.1 Å². The summed E-state index contributed by atoms with van der Waals surface area (Å²) >= 11 is 0. The Morgan fingerprint density at radius 1 is 1.04 bits per heavy atom. The summed E-state index contributed by atoms with van der Waals surface area (Å²) in [5.74, 6) is 0.856. The molecule has 1 aliphatic heterocycles. The summed E-state index contributed by atoms with van der Waals surface area (Å²) in [4.78, 5) is 20.2. The molecule has 7 nitrogen and oxygen atoms in total. The number of piperazine rings is 1. The van der Waals surface area contributed by atoms with Gasteiger partial charge in [0.15, 0.2) is 0 Å². The number of benzene rings is 1. The molecule has 0 saturated carbocycles. The molecule has 2 heterocycles. The van der Waals surface area contributed by atoms with Gasteiger partial charge in [0.05, 0.1) is 4.90 Å². The number of sulfonamides is 1. The molecule has 1 fully saturated rings. The Morgan fingerprint density at radius 3 is 2.32 bits per heavy atom. The molecule has 2 aromatic rings. The SMILES string of the molecule is Cc1ccc(S(=O)(=O)NC(=O)N2CCN(c3ccccn3)CC2)cc1. The highest BCUT2D eigenvalue weighted by molar-refractivity contribution is 7.90. The third-order valence-corrected chi connectivity index (χ3v) is 5.43. The first-order valence-corrected chi connectivity index (χ1v) is 9.48. The van der Waals surface area contributed by atoms with Gasteiger partial charge in [-0.2, -0.15) is 0 Å². The predicted octanol–water partition coefficient (Wildman–Crippen LogP) is 1.61. The van der Waals surface area contributed by atoms with Gasteiger partial charge in [-0.05, 0) is 31.2 Å². The lowest BCUT2D eigenvalue weighted by atomic mass is 10.2. The van der Waals surface area contributed by atoms with Gasteiger partial charge >= 0.3 is 6.03 Å². The molecule has 2 amide bonds. The van der Waals surface area contributed by atoms with Gasteiger partial charge in [0.2, 0.25) is 0 Å². The van der Waals surface area contributed by atoms with Gasteiger partial charge in [-0.15, -0.1) is 0 Å². The third kappa shape index (κ3) is 4.08. The zero-order valence-corrected chi connectivity index (χ0v) is 14.7. The summed E-state index contributed by atoms with van der Waals surface area (Å²) in [5, 5.41) is 0. The number of aryl methyl sites for hydroxylation is 1. The number of nitrogens with zero attached hydrogens (tertiary/aromatic N) is 3. The quantitative estimate of drug-likeness (QED) is 0.899. The van der Waals surface area contributed by atoms with Crippen LogP contribution in [0, 0.1) is 6.92 Å². The van der Waals surface area contributed by atoms with E-state index in [-0.39, 0.29) is 4.90 Å². The molecule has 0 aliphatic carbocycles. The molecule has 1 aromatic heterocycles. The number of carbonyl (C=O) groups is 1. The van der Waals surface area contributed by atoms with Crippen molar-refractivity contribution < 1.29 is 13.2 Å². The van der Waals surface area contributed by atoms with Crippen LogP contribution < -0.4 is 9.62 Å². The van der Waals surface area contributed by atoms with Crippen LogP contribution in [0.2, 0.25) is 0 Å². The van der Waals surface area contributed by atoms with Crippen molar-refractivity contribution >= 4 is 21.9 Å². The van der Waals surface area contributed by atoms with Crippen LogP contribution in [0.25, 0.3) is 0 Å². The van der Waals surface area contributed by atoms with E-state index in [0.29, 0.717) is 26.2 Å². The maximum Gasteiger partial charge on any atom is 0.331 e. The summed E-state index contributed by atoms with van der Waals surface area (Å²) in [6.45, 7) is 3.96. The highest BCUT2D eigenvalue weighted by atomic mass is 32.2. The van der Waals surface area contributed by atoms with Gasteiger partial charge in [-0.25, -0.2) is 22.9 Å². The van der Waals surface area contributed by atoms with Crippen molar-refractivity contribution in [3.63, 3.8) is 0 Å². The Bertz CT molecular complexity index is 830. The first-order chi connectivity index (χ1) is 12.0. The number of anilines is 1. The van der Waals surface area contributed by atoms with E-state index >= 15 is 0 Å². The number of nitrogens with one attached hydrogen (secondary N) is 1. The minimum atomic E-state index is -3.86. The molecule has 1 aliphatic rings. The van der Waals surface area contributed by atoms with Gasteiger partial charge in [0, 0.05) is 32.4 Å². The van der Waals surface area contributed by atoms with Crippen LogP contribution >= 0.6 is 0 Å². The zero-order valence-electron chi connectivity index (χ0n) is 13.9. The lowest BCUT2D eigenvalue weighted by molar-refractivity contribution is 0.200. The number of aromatic nitrogens is 1. The van der Waals surface area contributed by atoms with E-state index in [4.69, 9.17) is 0 Å². The van der Waals surface area contributed by atoms with Crippen LogP contribution in [-0.4, -0.2) is 50.5 Å². The molecule has 0 bridgehead atoms. The number of carbonyl (C=O) groups excluding carboxylic acids is 1. The maximum atomic E-state index is 12.3. The number of amides is 2. The lowest BCUT2D eigenvalue weighted by Gasteiger charge is -2.35. The number of urea groups is 1. The van der Waals surface area contributed by atoms with Gasteiger partial charge in [-0.3, -0.25) is 0 Å². The predicted molar refractivity (Wildman–Crippen MR) is 94.9 cm³/mol. The molecule has 132 valence electrons. The molecular weight excluding hydrogens is 340 g/mol. The molecule has 0 unspecified atom stereocenters. The molecule has 25 heavy (non-hydrogen) atoms. The van der Waals surface area contributed by atoms with E-state index in [2.05, 4.69) is 14.6 Å². The molecule has 8 heteroatoms. The molecule has 0 spiro atoms. The number of hydrogen-bond acceptors (Lipinski definition) is 5. The maximum absolute atomic E-state index is 12.3. The fourth-order valence-electron chi connectivity index (χ4n) is 2.64. The molecule has 0 radical (unpaired) electrons. The van der Waals surface area contributed by atoms with Crippen LogP contribution in [-0.2, 0) is 10.0 Å². The van der Waals surface area contributed by atoms with Crippen LogP contribution in [0.5, 0.6) is 0 Å². The molecule has 1 aromatic carbocycles. The summed E-state index contributed by atoms with van der Waals surface area (Å²) in [6.07, 6.45) is 1.72. The molecule has 3 rings (SSSR count). The van der Waals surface area contributed by atoms with Crippen molar-refractivity contribution in [3.05, 3.63) is 54.2 Å². The van der Waals surface area contributed by atoms with Crippen molar-refractivity contribution in [1.29, 1.82) is 0 Å². The Hall–Kier alpha value is -2.61. The average Bonchev–Trinajstić information content (AvgIpc) is 2.62. The topological polar surface area (TPSA) is 82.6 Å². The number of hydrogen-bond donors (Lipinski definition) is 1. The van der Waals surface area contributed by atoms with Gasteiger partial charge in [0.25, 0.3) is 10.0 Å². The molecule has 0 atom stereocenters. The van der Waals surface area contributed by atoms with E-state index in [1.54, 1.807) is 18.3 Å². The van der Waals surface area contributed by atoms with Crippen molar-refractivity contribution in [3.8, 4) is 0 Å². The second kappa shape index (κ2) is 7.10. The first-order valence-electron chi connectivity index (χ1n) is 8.00. The fraction of sp³-hybridized carbons (Fsp3) is 0.294.